The van der Waals surface area contributed by atoms with Gasteiger partial charge in [0.25, 0.3) is 0 Å². The molecule has 0 aromatic carbocycles. The summed E-state index contributed by atoms with van der Waals surface area (Å²) < 4.78 is 16.6. The first-order chi connectivity index (χ1) is 15.4. The highest BCUT2D eigenvalue weighted by Gasteiger charge is 2.28. The van der Waals surface area contributed by atoms with Crippen LogP contribution in [0.2, 0.25) is 0 Å². The fourth-order valence-corrected chi connectivity index (χ4v) is 4.81. The maximum Gasteiger partial charge on any atom is 0.403 e. The smallest absolute Gasteiger partial charge is 0.403 e. The van der Waals surface area contributed by atoms with Crippen molar-refractivity contribution in [1.82, 2.24) is 5.09 Å². The Bertz CT molecular complexity index is 477. The number of unbranched alkanes of at least 4 members (excludes halogenated alkanes) is 18. The Morgan fingerprint density at radius 2 is 1.09 bits per heavy atom. The van der Waals surface area contributed by atoms with Gasteiger partial charge in [-0.05, 0) is 6.42 Å². The molecule has 2 atom stereocenters. The fourth-order valence-electron chi connectivity index (χ4n) is 3.78. The maximum atomic E-state index is 11.7. The van der Waals surface area contributed by atoms with Crippen LogP contribution in [-0.2, 0) is 13.9 Å². The summed E-state index contributed by atoms with van der Waals surface area (Å²) in [5.74, 6) is -1.39. The van der Waals surface area contributed by atoms with Gasteiger partial charge in [-0.1, -0.05) is 122 Å². The number of carboxylic acids is 1. The van der Waals surface area contributed by atoms with Crippen LogP contribution < -0.4 is 5.09 Å². The van der Waals surface area contributed by atoms with Gasteiger partial charge in [0, 0.05) is 0 Å². The summed E-state index contributed by atoms with van der Waals surface area (Å²) in [7, 11) is -4.20. The predicted octanol–water partition coefficient (Wildman–Crippen LogP) is 6.57. The SMILES string of the molecule is CCCCCCCCCCCCCCCCCCCCCOP(=O)(O)N[C@@H](CO)C(=O)O. The van der Waals surface area contributed by atoms with Crippen LogP contribution in [0.1, 0.15) is 129 Å². The predicted molar refractivity (Wildman–Crippen MR) is 131 cm³/mol. The summed E-state index contributed by atoms with van der Waals surface area (Å²) in [6.07, 6.45) is 24.3. The Labute approximate surface area is 196 Å². The van der Waals surface area contributed by atoms with E-state index in [1.54, 1.807) is 0 Å². The van der Waals surface area contributed by atoms with Crippen molar-refractivity contribution in [3.05, 3.63) is 0 Å². The van der Waals surface area contributed by atoms with E-state index in [2.05, 4.69) is 6.92 Å². The molecule has 1 unspecified atom stereocenters. The number of hydrogen-bond acceptors (Lipinski definition) is 4. The summed E-state index contributed by atoms with van der Waals surface area (Å²) in [6.45, 7) is 1.59. The van der Waals surface area contributed by atoms with Crippen molar-refractivity contribution in [1.29, 1.82) is 0 Å². The van der Waals surface area contributed by atoms with Crippen LogP contribution in [-0.4, -0.2) is 40.3 Å². The van der Waals surface area contributed by atoms with E-state index in [-0.39, 0.29) is 6.61 Å². The molecule has 4 N–H and O–H groups in total. The molecule has 0 saturated carbocycles. The molecular weight excluding hydrogens is 429 g/mol. The topological polar surface area (TPSA) is 116 Å². The van der Waals surface area contributed by atoms with Gasteiger partial charge in [0.2, 0.25) is 0 Å². The summed E-state index contributed by atoms with van der Waals surface area (Å²) in [6, 6.07) is -1.50. The van der Waals surface area contributed by atoms with Gasteiger partial charge in [-0.25, -0.2) is 9.65 Å². The van der Waals surface area contributed by atoms with Crippen molar-refractivity contribution in [2.24, 2.45) is 0 Å². The lowest BCUT2D eigenvalue weighted by molar-refractivity contribution is -0.140. The normalized spacial score (nSPS) is 14.3. The second kappa shape index (κ2) is 22.3. The van der Waals surface area contributed by atoms with Gasteiger partial charge in [-0.2, -0.15) is 0 Å². The number of rotatable bonds is 25. The quantitative estimate of drug-likeness (QED) is 0.0864. The third-order valence-electron chi connectivity index (χ3n) is 5.81. The molecule has 0 saturated heterocycles. The van der Waals surface area contributed by atoms with Crippen LogP contribution in [0.3, 0.4) is 0 Å². The van der Waals surface area contributed by atoms with Gasteiger partial charge in [-0.15, -0.1) is 0 Å². The van der Waals surface area contributed by atoms with Gasteiger partial charge in [0.05, 0.1) is 13.2 Å². The summed E-state index contributed by atoms with van der Waals surface area (Å²) in [5, 5.41) is 19.6. The summed E-state index contributed by atoms with van der Waals surface area (Å²) in [5.41, 5.74) is 0. The van der Waals surface area contributed by atoms with Crippen LogP contribution in [0.5, 0.6) is 0 Å². The monoisotopic (exact) mass is 479 g/mol. The van der Waals surface area contributed by atoms with Crippen molar-refractivity contribution in [3.63, 3.8) is 0 Å². The first kappa shape index (κ1) is 31.5. The molecule has 0 aliphatic carbocycles. The summed E-state index contributed by atoms with van der Waals surface area (Å²) >= 11 is 0. The Morgan fingerprint density at radius 1 is 0.750 bits per heavy atom. The molecule has 0 radical (unpaired) electrons. The molecule has 0 amide bonds. The number of aliphatic hydroxyl groups excluding tert-OH is 1. The van der Waals surface area contributed by atoms with E-state index in [4.69, 9.17) is 14.7 Å². The molecule has 0 aliphatic heterocycles. The molecule has 0 aliphatic rings. The largest absolute Gasteiger partial charge is 0.480 e. The standard InChI is InChI=1S/C24H50NO6P/c1-2-3-4-5-6-7-8-9-10-11-12-13-14-15-16-17-18-19-20-21-31-32(29,30)25-23(22-26)24(27)28/h23,26H,2-22H2,1H3,(H,27,28)(H2,25,29,30)/t23-/m0/s1. The van der Waals surface area contributed by atoms with Gasteiger partial charge >= 0.3 is 13.7 Å². The Morgan fingerprint density at radius 3 is 1.41 bits per heavy atom. The number of aliphatic hydroxyl groups is 1. The summed E-state index contributed by atoms with van der Waals surface area (Å²) in [4.78, 5) is 20.3. The molecule has 7 nitrogen and oxygen atoms in total. The minimum atomic E-state index is -4.20. The Balaban J connectivity index is 3.31. The van der Waals surface area contributed by atoms with Crippen LogP contribution in [0, 0.1) is 0 Å². The average molecular weight is 480 g/mol. The van der Waals surface area contributed by atoms with Crippen LogP contribution >= 0.6 is 7.75 Å². The molecule has 0 aromatic heterocycles. The van der Waals surface area contributed by atoms with Crippen molar-refractivity contribution in [2.45, 2.75) is 135 Å². The second-order valence-electron chi connectivity index (χ2n) is 8.92. The lowest BCUT2D eigenvalue weighted by Crippen LogP contribution is -2.38. The third kappa shape index (κ3) is 21.4. The van der Waals surface area contributed by atoms with E-state index < -0.39 is 26.4 Å². The first-order valence-corrected chi connectivity index (χ1v) is 14.6. The molecule has 192 valence electrons. The number of aliphatic carboxylic acids is 1. The highest BCUT2D eigenvalue weighted by Crippen LogP contribution is 2.37. The molecule has 32 heavy (non-hydrogen) atoms. The van der Waals surface area contributed by atoms with Crippen molar-refractivity contribution in [3.8, 4) is 0 Å². The van der Waals surface area contributed by atoms with Crippen molar-refractivity contribution >= 4 is 13.7 Å². The van der Waals surface area contributed by atoms with Gasteiger partial charge < -0.3 is 15.1 Å². The Kier molecular flexibility index (Phi) is 22.0. The van der Waals surface area contributed by atoms with E-state index >= 15 is 0 Å². The number of carboxylic acid groups (broad SMARTS) is 1. The molecular formula is C24H50NO6P. The van der Waals surface area contributed by atoms with E-state index in [1.165, 1.54) is 103 Å². The zero-order chi connectivity index (χ0) is 23.9. The van der Waals surface area contributed by atoms with Crippen LogP contribution in [0.15, 0.2) is 0 Å². The van der Waals surface area contributed by atoms with E-state index in [0.29, 0.717) is 6.42 Å². The van der Waals surface area contributed by atoms with E-state index in [1.807, 2.05) is 5.09 Å². The van der Waals surface area contributed by atoms with Crippen molar-refractivity contribution < 1.29 is 29.0 Å². The van der Waals surface area contributed by atoms with Gasteiger partial charge in [0.15, 0.2) is 0 Å². The molecule has 0 heterocycles. The molecule has 0 fully saturated rings. The highest BCUT2D eigenvalue weighted by molar-refractivity contribution is 7.50. The number of hydrogen-bond donors (Lipinski definition) is 4. The molecule has 8 heteroatoms. The van der Waals surface area contributed by atoms with E-state index in [0.717, 1.165) is 12.8 Å². The van der Waals surface area contributed by atoms with Crippen LogP contribution in [0.4, 0.5) is 0 Å². The molecule has 0 rings (SSSR count). The Hall–Kier alpha value is -0.460. The third-order valence-corrected chi connectivity index (χ3v) is 6.98. The van der Waals surface area contributed by atoms with E-state index in [9.17, 15) is 14.3 Å². The minimum Gasteiger partial charge on any atom is -0.480 e. The van der Waals surface area contributed by atoms with Crippen molar-refractivity contribution in [2.75, 3.05) is 13.2 Å². The average Bonchev–Trinajstić information content (AvgIpc) is 2.76. The van der Waals surface area contributed by atoms with Gasteiger partial charge in [-0.3, -0.25) is 9.32 Å². The van der Waals surface area contributed by atoms with Gasteiger partial charge in [0.1, 0.15) is 6.04 Å². The fraction of sp³-hybridized carbons (Fsp3) is 0.958. The zero-order valence-corrected chi connectivity index (χ0v) is 21.3. The molecule has 0 aromatic rings. The zero-order valence-electron chi connectivity index (χ0n) is 20.4. The lowest BCUT2D eigenvalue weighted by Gasteiger charge is -2.17. The maximum absolute atomic E-state index is 11.7. The lowest BCUT2D eigenvalue weighted by atomic mass is 10.0. The molecule has 0 spiro atoms. The number of carbonyl (C=O) groups is 1. The van der Waals surface area contributed by atoms with Crippen LogP contribution in [0.25, 0.3) is 0 Å². The second-order valence-corrected chi connectivity index (χ2v) is 10.5. The minimum absolute atomic E-state index is 0.0946. The highest BCUT2D eigenvalue weighted by atomic mass is 31.2. The number of nitrogens with one attached hydrogen (secondary N) is 1. The molecule has 0 bridgehead atoms. The first-order valence-electron chi connectivity index (χ1n) is 13.0.